The molecule has 2 heterocycles. The van der Waals surface area contributed by atoms with Crippen LogP contribution < -0.4 is 9.64 Å². The Kier molecular flexibility index (Phi) is 6.18. The highest BCUT2D eigenvalue weighted by Gasteiger charge is 2.33. The molecular formula is C24H16F6N2O3. The maximum atomic E-state index is 13.0. The Morgan fingerprint density at radius 2 is 1.71 bits per heavy atom. The summed E-state index contributed by atoms with van der Waals surface area (Å²) in [4.78, 5) is 18.7. The first kappa shape index (κ1) is 24.1. The van der Waals surface area contributed by atoms with E-state index in [-0.39, 0.29) is 41.4 Å². The second kappa shape index (κ2) is 8.97. The van der Waals surface area contributed by atoms with Crippen LogP contribution in [-0.2, 0) is 17.4 Å². The highest BCUT2D eigenvalue weighted by molar-refractivity contribution is 6.05. The summed E-state index contributed by atoms with van der Waals surface area (Å²) in [6.45, 7) is -0.231. The predicted molar refractivity (Wildman–Crippen MR) is 114 cm³/mol. The molecule has 11 heteroatoms. The fourth-order valence-corrected chi connectivity index (χ4v) is 3.65. The molecule has 0 saturated carbocycles. The van der Waals surface area contributed by atoms with Crippen LogP contribution in [0.2, 0.25) is 0 Å². The van der Waals surface area contributed by atoms with Crippen LogP contribution in [0.25, 0.3) is 5.76 Å². The van der Waals surface area contributed by atoms with Gasteiger partial charge in [0.2, 0.25) is 0 Å². The summed E-state index contributed by atoms with van der Waals surface area (Å²) in [6.07, 6.45) is -8.30. The van der Waals surface area contributed by atoms with Crippen LogP contribution in [-0.4, -0.2) is 28.8 Å². The summed E-state index contributed by atoms with van der Waals surface area (Å²) in [5.41, 5.74) is -0.226. The van der Waals surface area contributed by atoms with Gasteiger partial charge in [-0.3, -0.25) is 4.79 Å². The topological polar surface area (TPSA) is 62.7 Å². The highest BCUT2D eigenvalue weighted by Crippen LogP contribution is 2.38. The Balaban J connectivity index is 1.65. The van der Waals surface area contributed by atoms with E-state index >= 15 is 0 Å². The molecule has 4 rings (SSSR count). The molecule has 3 aromatic rings. The standard InChI is InChI=1S/C24H16F6N2O3/c25-23(26,27)15-8-6-14(7-9-15)11-20(33)19-13-32(22-18(21(19)34)5-2-10-31-22)16-3-1-4-17(12-16)35-24(28,29)30/h1-10,12,34H,11,13H2. The largest absolute Gasteiger partial charge is 0.573 e. The molecule has 1 N–H and O–H groups in total. The minimum absolute atomic E-state index is 0.0625. The number of anilines is 2. The zero-order chi connectivity index (χ0) is 25.4. The summed E-state index contributed by atoms with van der Waals surface area (Å²) >= 11 is 0. The lowest BCUT2D eigenvalue weighted by molar-refractivity contribution is -0.274. The predicted octanol–water partition coefficient (Wildman–Crippen LogP) is 6.23. The first-order valence-electron chi connectivity index (χ1n) is 10.1. The van der Waals surface area contributed by atoms with E-state index in [1.54, 1.807) is 0 Å². The van der Waals surface area contributed by atoms with Crippen LogP contribution in [0, 0.1) is 0 Å². The summed E-state index contributed by atoms with van der Waals surface area (Å²) in [7, 11) is 0. The van der Waals surface area contributed by atoms with E-state index < -0.39 is 29.6 Å². The van der Waals surface area contributed by atoms with Gasteiger partial charge in [0, 0.05) is 24.4 Å². The average molecular weight is 494 g/mol. The number of benzene rings is 2. The van der Waals surface area contributed by atoms with E-state index in [9.17, 15) is 36.2 Å². The molecule has 1 aliphatic heterocycles. The van der Waals surface area contributed by atoms with Gasteiger partial charge in [0.15, 0.2) is 5.78 Å². The quantitative estimate of drug-likeness (QED) is 0.426. The lowest BCUT2D eigenvalue weighted by Crippen LogP contribution is -2.30. The first-order chi connectivity index (χ1) is 16.4. The van der Waals surface area contributed by atoms with E-state index in [0.29, 0.717) is 5.56 Å². The van der Waals surface area contributed by atoms with Crippen molar-refractivity contribution in [3.63, 3.8) is 0 Å². The van der Waals surface area contributed by atoms with Gasteiger partial charge in [-0.05, 0) is 42.0 Å². The number of pyridine rings is 1. The lowest BCUT2D eigenvalue weighted by Gasteiger charge is -2.31. The summed E-state index contributed by atoms with van der Waals surface area (Å²) in [5.74, 6) is -1.20. The number of carbonyl (C=O) groups excluding carboxylic acids is 1. The van der Waals surface area contributed by atoms with Crippen LogP contribution >= 0.6 is 0 Å². The number of aromatic nitrogens is 1. The van der Waals surface area contributed by atoms with Crippen LogP contribution in [0.15, 0.2) is 72.4 Å². The maximum Gasteiger partial charge on any atom is 0.573 e. The number of Topliss-reactive ketones (excluding diaryl/α,β-unsaturated/α-hetero) is 1. The number of ether oxygens (including phenoxy) is 1. The van der Waals surface area contributed by atoms with Gasteiger partial charge in [-0.1, -0.05) is 18.2 Å². The molecule has 0 unspecified atom stereocenters. The Labute approximate surface area is 194 Å². The first-order valence-corrected chi connectivity index (χ1v) is 10.1. The molecule has 1 aromatic heterocycles. The van der Waals surface area contributed by atoms with Gasteiger partial charge in [0.25, 0.3) is 0 Å². The van der Waals surface area contributed by atoms with Gasteiger partial charge < -0.3 is 14.7 Å². The summed E-state index contributed by atoms with van der Waals surface area (Å²) in [6, 6.07) is 12.1. The lowest BCUT2D eigenvalue weighted by atomic mass is 9.95. The number of nitrogens with zero attached hydrogens (tertiary/aromatic N) is 2. The molecule has 0 bridgehead atoms. The third-order valence-corrected chi connectivity index (χ3v) is 5.24. The SMILES string of the molecule is O=C(Cc1ccc(C(F)(F)F)cc1)C1=C(O)c2cccnc2N(c2cccc(OC(F)(F)F)c2)C1. The van der Waals surface area contributed by atoms with Crippen LogP contribution in [0.5, 0.6) is 5.75 Å². The van der Waals surface area contributed by atoms with Crippen molar-refractivity contribution in [3.05, 3.63) is 89.1 Å². The van der Waals surface area contributed by atoms with Gasteiger partial charge in [-0.2, -0.15) is 13.2 Å². The highest BCUT2D eigenvalue weighted by atomic mass is 19.4. The van der Waals surface area contributed by atoms with Crippen molar-refractivity contribution in [1.82, 2.24) is 4.98 Å². The summed E-state index contributed by atoms with van der Waals surface area (Å²) in [5, 5.41) is 10.8. The van der Waals surface area contributed by atoms with E-state index in [2.05, 4.69) is 9.72 Å². The van der Waals surface area contributed by atoms with E-state index in [4.69, 9.17) is 0 Å². The van der Waals surface area contributed by atoms with Crippen molar-refractivity contribution in [2.24, 2.45) is 0 Å². The van der Waals surface area contributed by atoms with E-state index in [1.165, 1.54) is 47.5 Å². The molecule has 0 fully saturated rings. The molecule has 0 radical (unpaired) electrons. The second-order valence-electron chi connectivity index (χ2n) is 7.63. The molecule has 0 atom stereocenters. The molecule has 35 heavy (non-hydrogen) atoms. The van der Waals surface area contributed by atoms with Crippen LogP contribution in [0.4, 0.5) is 37.8 Å². The zero-order valence-corrected chi connectivity index (χ0v) is 17.7. The van der Waals surface area contributed by atoms with Gasteiger partial charge in [-0.25, -0.2) is 4.98 Å². The molecule has 0 amide bonds. The average Bonchev–Trinajstić information content (AvgIpc) is 2.78. The van der Waals surface area contributed by atoms with Crippen molar-refractivity contribution >= 4 is 23.0 Å². The van der Waals surface area contributed by atoms with E-state index in [1.807, 2.05) is 0 Å². The maximum absolute atomic E-state index is 13.0. The fourth-order valence-electron chi connectivity index (χ4n) is 3.65. The summed E-state index contributed by atoms with van der Waals surface area (Å²) < 4.78 is 80.4. The smallest absolute Gasteiger partial charge is 0.507 e. The Bertz CT molecular complexity index is 1280. The second-order valence-corrected chi connectivity index (χ2v) is 7.63. The molecule has 0 spiro atoms. The molecule has 1 aliphatic rings. The van der Waals surface area contributed by atoms with Crippen molar-refractivity contribution in [1.29, 1.82) is 0 Å². The fraction of sp³-hybridized carbons (Fsp3) is 0.167. The van der Waals surface area contributed by atoms with E-state index in [0.717, 1.165) is 24.3 Å². The van der Waals surface area contributed by atoms with Gasteiger partial charge in [0.05, 0.1) is 23.2 Å². The normalized spacial score (nSPS) is 14.1. The minimum Gasteiger partial charge on any atom is -0.507 e. The van der Waals surface area contributed by atoms with Crippen molar-refractivity contribution in [3.8, 4) is 5.75 Å². The molecule has 182 valence electrons. The number of ketones is 1. The monoisotopic (exact) mass is 494 g/mol. The van der Waals surface area contributed by atoms with Crippen molar-refractivity contribution in [2.45, 2.75) is 19.0 Å². The van der Waals surface area contributed by atoms with Crippen LogP contribution in [0.3, 0.4) is 0 Å². The van der Waals surface area contributed by atoms with Crippen LogP contribution in [0.1, 0.15) is 16.7 Å². The number of halogens is 6. The Hall–Kier alpha value is -4.02. The molecular weight excluding hydrogens is 478 g/mol. The number of hydrogen-bond acceptors (Lipinski definition) is 5. The minimum atomic E-state index is -4.91. The molecule has 2 aromatic carbocycles. The number of fused-ring (bicyclic) bond motifs is 1. The zero-order valence-electron chi connectivity index (χ0n) is 17.7. The number of aliphatic hydroxyl groups is 1. The number of alkyl halides is 6. The molecule has 0 saturated heterocycles. The van der Waals surface area contributed by atoms with Gasteiger partial charge >= 0.3 is 12.5 Å². The Morgan fingerprint density at radius 1 is 1.00 bits per heavy atom. The number of carbonyl (C=O) groups is 1. The number of hydrogen-bond donors (Lipinski definition) is 1. The van der Waals surface area contributed by atoms with Gasteiger partial charge in [-0.15, -0.1) is 13.2 Å². The number of aliphatic hydroxyl groups excluding tert-OH is 1. The third-order valence-electron chi connectivity index (χ3n) is 5.24. The van der Waals surface area contributed by atoms with Crippen molar-refractivity contribution in [2.75, 3.05) is 11.4 Å². The third kappa shape index (κ3) is 5.39. The molecule has 0 aliphatic carbocycles. The number of rotatable bonds is 5. The molecule has 5 nitrogen and oxygen atoms in total. The van der Waals surface area contributed by atoms with Crippen molar-refractivity contribution < 1.29 is 41.0 Å². The Morgan fingerprint density at radius 3 is 2.37 bits per heavy atom. The van der Waals surface area contributed by atoms with Gasteiger partial charge in [0.1, 0.15) is 17.3 Å².